The summed E-state index contributed by atoms with van der Waals surface area (Å²) >= 11 is 5.84. The van der Waals surface area contributed by atoms with Crippen LogP contribution in [-0.2, 0) is 0 Å². The number of hydrogen-bond donors (Lipinski definition) is 1. The number of hydrogen-bond acceptors (Lipinski definition) is 3. The van der Waals surface area contributed by atoms with E-state index in [4.69, 9.17) is 26.7 Å². The fraction of sp³-hybridized carbons (Fsp3) is 0. The van der Waals surface area contributed by atoms with E-state index >= 15 is 0 Å². The van der Waals surface area contributed by atoms with Gasteiger partial charge in [-0.1, -0.05) is 23.7 Å². The Kier molecular flexibility index (Phi) is 3.69. The molecule has 0 aliphatic carbocycles. The molecule has 19 heavy (non-hydrogen) atoms. The van der Waals surface area contributed by atoms with Gasteiger partial charge in [0.2, 0.25) is 0 Å². The van der Waals surface area contributed by atoms with Crippen molar-refractivity contribution in [3.05, 3.63) is 58.6 Å². The van der Waals surface area contributed by atoms with Crippen LogP contribution in [0.25, 0.3) is 0 Å². The minimum atomic E-state index is -1.17. The van der Waals surface area contributed by atoms with Gasteiger partial charge in [0, 0.05) is 0 Å². The van der Waals surface area contributed by atoms with Crippen molar-refractivity contribution >= 4 is 17.6 Å². The van der Waals surface area contributed by atoms with Crippen LogP contribution in [0.15, 0.2) is 42.5 Å². The van der Waals surface area contributed by atoms with E-state index in [1.807, 2.05) is 6.07 Å². The van der Waals surface area contributed by atoms with Crippen LogP contribution >= 0.6 is 11.6 Å². The average Bonchev–Trinajstić information content (AvgIpc) is 2.38. The van der Waals surface area contributed by atoms with Gasteiger partial charge in [-0.2, -0.15) is 5.26 Å². The third-order valence-electron chi connectivity index (χ3n) is 2.38. The van der Waals surface area contributed by atoms with Crippen LogP contribution in [0.1, 0.15) is 15.9 Å². The summed E-state index contributed by atoms with van der Waals surface area (Å²) in [5.41, 5.74) is 0.322. The van der Waals surface area contributed by atoms with Gasteiger partial charge in [-0.25, -0.2) is 4.79 Å². The van der Waals surface area contributed by atoms with Gasteiger partial charge in [-0.05, 0) is 30.3 Å². The summed E-state index contributed by atoms with van der Waals surface area (Å²) in [6, 6.07) is 13.0. The molecular weight excluding hydrogens is 266 g/mol. The van der Waals surface area contributed by atoms with Crippen molar-refractivity contribution in [2.75, 3.05) is 0 Å². The Bertz CT molecular complexity index is 677. The summed E-state index contributed by atoms with van der Waals surface area (Å²) in [6.07, 6.45) is 0. The quantitative estimate of drug-likeness (QED) is 0.925. The lowest BCUT2D eigenvalue weighted by atomic mass is 10.2. The Hall–Kier alpha value is -2.51. The molecule has 0 amide bonds. The van der Waals surface area contributed by atoms with Crippen molar-refractivity contribution < 1.29 is 14.6 Å². The summed E-state index contributed by atoms with van der Waals surface area (Å²) in [4.78, 5) is 11.1. The van der Waals surface area contributed by atoms with E-state index in [2.05, 4.69) is 0 Å². The predicted molar refractivity (Wildman–Crippen MR) is 69.6 cm³/mol. The molecule has 0 aromatic heterocycles. The number of benzene rings is 2. The Morgan fingerprint density at radius 3 is 2.68 bits per heavy atom. The first-order chi connectivity index (χ1) is 9.11. The molecule has 5 heteroatoms. The van der Waals surface area contributed by atoms with Crippen molar-refractivity contribution in [2.24, 2.45) is 0 Å². The van der Waals surface area contributed by atoms with E-state index in [1.165, 1.54) is 18.2 Å². The SMILES string of the molecule is N#Cc1cccc(Oc2cccc(Cl)c2C(=O)O)c1. The third kappa shape index (κ3) is 2.84. The second kappa shape index (κ2) is 5.42. The fourth-order valence-electron chi connectivity index (χ4n) is 1.55. The maximum Gasteiger partial charge on any atom is 0.341 e. The van der Waals surface area contributed by atoms with E-state index in [0.29, 0.717) is 11.3 Å². The number of carbonyl (C=O) groups is 1. The lowest BCUT2D eigenvalue weighted by molar-refractivity contribution is 0.0694. The number of nitrogens with zero attached hydrogens (tertiary/aromatic N) is 1. The van der Waals surface area contributed by atoms with Gasteiger partial charge in [0.1, 0.15) is 17.1 Å². The zero-order valence-corrected chi connectivity index (χ0v) is 10.4. The Labute approximate surface area is 114 Å². The van der Waals surface area contributed by atoms with Crippen molar-refractivity contribution in [1.29, 1.82) is 5.26 Å². The first-order valence-electron chi connectivity index (χ1n) is 5.31. The summed E-state index contributed by atoms with van der Waals surface area (Å²) in [6.45, 7) is 0. The molecule has 0 spiro atoms. The summed E-state index contributed by atoms with van der Waals surface area (Å²) in [5.74, 6) is -0.657. The molecule has 0 saturated carbocycles. The molecule has 0 bridgehead atoms. The van der Waals surface area contributed by atoms with Crippen LogP contribution < -0.4 is 4.74 Å². The van der Waals surface area contributed by atoms with Crippen molar-refractivity contribution in [1.82, 2.24) is 0 Å². The van der Waals surface area contributed by atoms with Gasteiger partial charge in [-0.15, -0.1) is 0 Å². The maximum atomic E-state index is 11.1. The van der Waals surface area contributed by atoms with Crippen LogP contribution in [0.5, 0.6) is 11.5 Å². The summed E-state index contributed by atoms with van der Waals surface area (Å²) < 4.78 is 5.48. The largest absolute Gasteiger partial charge is 0.478 e. The number of halogens is 1. The normalized spacial score (nSPS) is 9.68. The van der Waals surface area contributed by atoms with Crippen molar-refractivity contribution in [3.8, 4) is 17.6 Å². The van der Waals surface area contributed by atoms with Crippen molar-refractivity contribution in [2.45, 2.75) is 0 Å². The fourth-order valence-corrected chi connectivity index (χ4v) is 1.80. The van der Waals surface area contributed by atoms with Gasteiger partial charge in [0.15, 0.2) is 0 Å². The Morgan fingerprint density at radius 1 is 1.26 bits per heavy atom. The molecule has 2 rings (SSSR count). The molecule has 4 nitrogen and oxygen atoms in total. The first kappa shape index (κ1) is 12.9. The number of ether oxygens (including phenoxy) is 1. The number of carboxylic acid groups (broad SMARTS) is 1. The van der Waals surface area contributed by atoms with Crippen LogP contribution in [0, 0.1) is 11.3 Å². The van der Waals surface area contributed by atoms with Gasteiger partial charge < -0.3 is 9.84 Å². The third-order valence-corrected chi connectivity index (χ3v) is 2.70. The van der Waals surface area contributed by atoms with Gasteiger partial charge in [-0.3, -0.25) is 0 Å². The number of rotatable bonds is 3. The van der Waals surface area contributed by atoms with Crippen molar-refractivity contribution in [3.63, 3.8) is 0 Å². The smallest absolute Gasteiger partial charge is 0.341 e. The van der Waals surface area contributed by atoms with Gasteiger partial charge in [0.25, 0.3) is 0 Å². The molecular formula is C14H8ClNO3. The predicted octanol–water partition coefficient (Wildman–Crippen LogP) is 3.70. The molecule has 0 radical (unpaired) electrons. The highest BCUT2D eigenvalue weighted by molar-refractivity contribution is 6.33. The second-order valence-electron chi connectivity index (χ2n) is 3.66. The highest BCUT2D eigenvalue weighted by atomic mass is 35.5. The molecule has 0 atom stereocenters. The average molecular weight is 274 g/mol. The zero-order valence-electron chi connectivity index (χ0n) is 9.63. The molecule has 0 fully saturated rings. The van der Waals surface area contributed by atoms with E-state index in [1.54, 1.807) is 24.3 Å². The summed E-state index contributed by atoms with van der Waals surface area (Å²) in [5, 5.41) is 18.0. The molecule has 2 aromatic carbocycles. The van der Waals surface area contributed by atoms with Crippen LogP contribution in [0.4, 0.5) is 0 Å². The lowest BCUT2D eigenvalue weighted by Gasteiger charge is -2.09. The number of aromatic carboxylic acids is 1. The summed E-state index contributed by atoms with van der Waals surface area (Å²) in [7, 11) is 0. The standard InChI is InChI=1S/C14H8ClNO3/c15-11-5-2-6-12(13(11)14(17)18)19-10-4-1-3-9(7-10)8-16/h1-7H,(H,17,18). The van der Waals surface area contributed by atoms with E-state index in [-0.39, 0.29) is 16.3 Å². The number of nitriles is 1. The molecule has 1 N–H and O–H groups in total. The monoisotopic (exact) mass is 273 g/mol. The molecule has 0 aliphatic heterocycles. The van der Waals surface area contributed by atoms with Crippen LogP contribution in [-0.4, -0.2) is 11.1 Å². The number of carboxylic acids is 1. The lowest BCUT2D eigenvalue weighted by Crippen LogP contribution is -2.01. The zero-order chi connectivity index (χ0) is 13.8. The topological polar surface area (TPSA) is 70.3 Å². The molecule has 0 heterocycles. The molecule has 0 aliphatic rings. The van der Waals surface area contributed by atoms with Crippen LogP contribution in [0.3, 0.4) is 0 Å². The Morgan fingerprint density at radius 2 is 2.00 bits per heavy atom. The minimum Gasteiger partial charge on any atom is -0.478 e. The van der Waals surface area contributed by atoms with E-state index in [9.17, 15) is 4.79 Å². The molecule has 0 unspecified atom stereocenters. The highest BCUT2D eigenvalue weighted by Gasteiger charge is 2.16. The molecule has 0 saturated heterocycles. The Balaban J connectivity index is 2.41. The highest BCUT2D eigenvalue weighted by Crippen LogP contribution is 2.30. The molecule has 94 valence electrons. The van der Waals surface area contributed by atoms with Gasteiger partial charge in [0.05, 0.1) is 16.7 Å². The second-order valence-corrected chi connectivity index (χ2v) is 4.07. The maximum absolute atomic E-state index is 11.1. The minimum absolute atomic E-state index is 0.0986. The van der Waals surface area contributed by atoms with Crippen LogP contribution in [0.2, 0.25) is 5.02 Å². The van der Waals surface area contributed by atoms with Gasteiger partial charge >= 0.3 is 5.97 Å². The first-order valence-corrected chi connectivity index (χ1v) is 5.69. The van der Waals surface area contributed by atoms with E-state index in [0.717, 1.165) is 0 Å². The van der Waals surface area contributed by atoms with E-state index < -0.39 is 5.97 Å². The molecule has 2 aromatic rings.